The lowest BCUT2D eigenvalue weighted by atomic mass is 10.1. The molecule has 22 nitrogen and oxygen atoms in total. The van der Waals surface area contributed by atoms with Gasteiger partial charge in [-0.25, -0.2) is 58.3 Å². The molecule has 5 aromatic heterocycles. The highest BCUT2D eigenvalue weighted by Gasteiger charge is 2.23. The van der Waals surface area contributed by atoms with E-state index in [4.69, 9.17) is 83.5 Å². The van der Waals surface area contributed by atoms with Gasteiger partial charge >= 0.3 is 12.0 Å². The molecular formula is C51H46Cl5F2N17O5. The summed E-state index contributed by atoms with van der Waals surface area (Å²) in [6.45, 7) is 16.7. The fourth-order valence-electron chi connectivity index (χ4n) is 6.57. The molecular weight excluding hydrogens is 1150 g/mol. The molecule has 29 heteroatoms. The fraction of sp³-hybridized carbons (Fsp3) is 0.196. The van der Waals surface area contributed by atoms with Crippen LogP contribution in [-0.2, 0) is 0 Å². The maximum absolute atomic E-state index is 13.2. The molecule has 0 saturated carbocycles. The topological polar surface area (TPSA) is 286 Å². The first-order chi connectivity index (χ1) is 37.8. The Morgan fingerprint density at radius 1 is 0.625 bits per heavy atom. The van der Waals surface area contributed by atoms with E-state index in [9.17, 15) is 14.0 Å². The second kappa shape index (κ2) is 33.5. The number of hydrogen-bond donors (Lipinski definition) is 4. The maximum Gasteiger partial charge on any atom is 0.318 e. The molecule has 80 heavy (non-hydrogen) atoms. The number of halogens is 7. The first-order valence-electron chi connectivity index (χ1n) is 23.0. The third-order valence-electron chi connectivity index (χ3n) is 10.4. The van der Waals surface area contributed by atoms with E-state index in [-0.39, 0.29) is 66.4 Å². The van der Waals surface area contributed by atoms with Crippen molar-refractivity contribution in [3.05, 3.63) is 178 Å². The number of nitrogens with one attached hydrogen (secondary N) is 1. The zero-order chi connectivity index (χ0) is 55.7. The van der Waals surface area contributed by atoms with Crippen LogP contribution in [0.2, 0.25) is 15.5 Å². The van der Waals surface area contributed by atoms with Gasteiger partial charge in [0.05, 0.1) is 31.1 Å². The Balaban J connectivity index is 0.000000234. The van der Waals surface area contributed by atoms with Crippen molar-refractivity contribution in [1.82, 2.24) is 55.2 Å². The normalized spacial score (nSPS) is 12.4. The van der Waals surface area contributed by atoms with E-state index >= 15 is 0 Å². The predicted molar refractivity (Wildman–Crippen MR) is 299 cm³/mol. The highest BCUT2D eigenvalue weighted by Crippen LogP contribution is 2.31. The minimum atomic E-state index is -0.670. The molecule has 7 heterocycles. The second-order valence-corrected chi connectivity index (χ2v) is 16.9. The molecule has 0 spiro atoms. The van der Waals surface area contributed by atoms with Gasteiger partial charge in [0, 0.05) is 44.1 Å². The van der Waals surface area contributed by atoms with Gasteiger partial charge < -0.3 is 45.7 Å². The van der Waals surface area contributed by atoms with Crippen LogP contribution in [0.15, 0.2) is 122 Å². The summed E-state index contributed by atoms with van der Waals surface area (Å²) < 4.78 is 48.3. The number of aromatic nitrogens is 10. The molecule has 3 aromatic carbocycles. The van der Waals surface area contributed by atoms with Gasteiger partial charge in [-0.05, 0) is 50.2 Å². The third kappa shape index (κ3) is 20.9. The van der Waals surface area contributed by atoms with Crippen LogP contribution in [0.1, 0.15) is 31.2 Å². The van der Waals surface area contributed by atoms with Crippen molar-refractivity contribution < 1.29 is 32.8 Å². The number of phenols is 1. The molecule has 2 aliphatic heterocycles. The zero-order valence-electron chi connectivity index (χ0n) is 41.6. The molecule has 8 aromatic rings. The monoisotopic (exact) mass is 1190 g/mol. The van der Waals surface area contributed by atoms with Gasteiger partial charge in [0.25, 0.3) is 0 Å². The Kier molecular flexibility index (Phi) is 26.7. The second-order valence-electron chi connectivity index (χ2n) is 15.7. The highest BCUT2D eigenvalue weighted by molar-refractivity contribution is 6.33. The molecule has 2 fully saturated rings. The number of ether oxygens (including phenoxy) is 4. The Labute approximate surface area is 484 Å². The maximum atomic E-state index is 13.2. The SMILES string of the molecule is Cl.Cl.Clc1cc(Cl)ncn1.N#Cc1ccccc1Oc1cc(N2CCC(Oc3ncc(F)c(N)n3)CC2)ncn1.Nc1nc(OC2CCNCC2)ncc1F.[C-]#[N+]c1ccccc1O.[C-]#[N+]c1ccccc1Oc1cc(Cl)ncn1. The summed E-state index contributed by atoms with van der Waals surface area (Å²) >= 11 is 16.5. The van der Waals surface area contributed by atoms with Gasteiger partial charge in [-0.2, -0.15) is 15.2 Å². The smallest absolute Gasteiger partial charge is 0.318 e. The van der Waals surface area contributed by atoms with Crippen LogP contribution in [-0.4, -0.2) is 93.3 Å². The zero-order valence-corrected chi connectivity index (χ0v) is 45.5. The van der Waals surface area contributed by atoms with E-state index in [1.807, 2.05) is 0 Å². The minimum absolute atomic E-state index is 0. The van der Waals surface area contributed by atoms with Crippen molar-refractivity contribution in [3.8, 4) is 47.1 Å². The van der Waals surface area contributed by atoms with Crippen LogP contribution >= 0.6 is 59.6 Å². The molecule has 6 N–H and O–H groups in total. The van der Waals surface area contributed by atoms with Crippen molar-refractivity contribution in [1.29, 1.82) is 5.26 Å². The molecule has 0 unspecified atom stereocenters. The molecule has 0 bridgehead atoms. The van der Waals surface area contributed by atoms with E-state index in [2.05, 4.69) is 75.8 Å². The number of rotatable bonds is 9. The van der Waals surface area contributed by atoms with Gasteiger partial charge in [0.1, 0.15) is 75.8 Å². The van der Waals surface area contributed by atoms with Crippen molar-refractivity contribution >= 4 is 88.4 Å². The average molecular weight is 1190 g/mol. The van der Waals surface area contributed by atoms with Gasteiger partial charge in [0.2, 0.25) is 23.1 Å². The predicted octanol–water partition coefficient (Wildman–Crippen LogP) is 11.1. The molecule has 2 aliphatic rings. The van der Waals surface area contributed by atoms with Crippen LogP contribution in [0.5, 0.6) is 41.0 Å². The molecule has 2 saturated heterocycles. The van der Waals surface area contributed by atoms with E-state index in [1.54, 1.807) is 72.8 Å². The fourth-order valence-corrected chi connectivity index (χ4v) is 7.05. The summed E-state index contributed by atoms with van der Waals surface area (Å²) in [6, 6.07) is 27.4. The summed E-state index contributed by atoms with van der Waals surface area (Å²) in [5, 5.41) is 22.3. The lowest BCUT2D eigenvalue weighted by Crippen LogP contribution is -2.39. The summed E-state index contributed by atoms with van der Waals surface area (Å²) in [7, 11) is 0. The van der Waals surface area contributed by atoms with Crippen molar-refractivity contribution in [2.75, 3.05) is 42.5 Å². The number of aromatic hydroxyl groups is 1. The number of nitrogens with zero attached hydrogens (tertiary/aromatic N) is 14. The largest absolute Gasteiger partial charge is 0.519 e. The van der Waals surface area contributed by atoms with Crippen molar-refractivity contribution in [2.45, 2.75) is 37.9 Å². The average Bonchev–Trinajstić information content (AvgIpc) is 3.46. The van der Waals surface area contributed by atoms with Gasteiger partial charge in [0.15, 0.2) is 23.3 Å². The summed E-state index contributed by atoms with van der Waals surface area (Å²) in [6.07, 6.45) is 9.28. The molecule has 0 aliphatic carbocycles. The van der Waals surface area contributed by atoms with E-state index in [0.717, 1.165) is 44.1 Å². The molecule has 414 valence electrons. The minimum Gasteiger partial charge on any atom is -0.519 e. The number of para-hydroxylation sites is 5. The van der Waals surface area contributed by atoms with Gasteiger partial charge in [-0.15, -0.1) is 24.8 Å². The lowest BCUT2D eigenvalue weighted by Gasteiger charge is -2.32. The van der Waals surface area contributed by atoms with Crippen LogP contribution in [0.25, 0.3) is 9.69 Å². The highest BCUT2D eigenvalue weighted by atomic mass is 35.5. The number of benzene rings is 3. The summed E-state index contributed by atoms with van der Waals surface area (Å²) in [5.41, 5.74) is 11.9. The van der Waals surface area contributed by atoms with Gasteiger partial charge in [-0.3, -0.25) is 0 Å². The Morgan fingerprint density at radius 3 is 1.61 bits per heavy atom. The first kappa shape index (κ1) is 63.7. The number of phenolic OH excluding ortho intramolecular Hbond substituents is 1. The van der Waals surface area contributed by atoms with Crippen LogP contribution in [0.4, 0.5) is 37.6 Å². The number of piperidine rings is 2. The quantitative estimate of drug-likeness (QED) is 0.0771. The number of hydrogen-bond acceptors (Lipinski definition) is 20. The summed E-state index contributed by atoms with van der Waals surface area (Å²) in [4.78, 5) is 46.9. The Bertz CT molecular complexity index is 3350. The van der Waals surface area contributed by atoms with E-state index < -0.39 is 11.6 Å². The molecule has 10 rings (SSSR count). The van der Waals surface area contributed by atoms with E-state index in [0.29, 0.717) is 81.6 Å². The van der Waals surface area contributed by atoms with E-state index in [1.165, 1.54) is 37.2 Å². The van der Waals surface area contributed by atoms with Crippen molar-refractivity contribution in [3.63, 3.8) is 0 Å². The third-order valence-corrected chi connectivity index (χ3v) is 11.0. The van der Waals surface area contributed by atoms with Crippen LogP contribution in [0, 0.1) is 36.1 Å². The summed E-state index contributed by atoms with van der Waals surface area (Å²) in [5.74, 6) is 0.638. The van der Waals surface area contributed by atoms with Crippen LogP contribution in [0.3, 0.4) is 0 Å². The van der Waals surface area contributed by atoms with Gasteiger partial charge in [-0.1, -0.05) is 83.3 Å². The lowest BCUT2D eigenvalue weighted by molar-refractivity contribution is 0.148. The number of nitrogen functional groups attached to an aromatic ring is 2. The standard InChI is InChI=1S/C20H18FN7O2.C11H6ClN3O.C9H13FN4O.C7H5NO.C4H2Cl2N2.2ClH/c21-15-11-24-20(27-19(15)23)29-14-5-7-28(8-6-14)17-9-18(26-12-25-17)30-16-4-2-1-3-13(16)10-22;1-13-8-4-2-3-5-9(8)16-11-6-10(12)14-7-15-11;10-7-5-13-9(14-8(7)11)15-6-1-3-12-4-2-6;1-8-6-4-2-3-5-7(6)9;5-3-1-4(6)8-2-7-3;;/h1-4,9,11-12,14H,5-8H2,(H2,23,24,27);2-7H;5-6,12H,1-4H2,(H2,11,13,14);2-5,9H;1-2H;2*1H. The number of anilines is 3. The number of nitrogens with two attached hydrogens (primary N) is 2. The van der Waals surface area contributed by atoms with Crippen molar-refractivity contribution in [2.24, 2.45) is 0 Å². The molecule has 0 atom stereocenters. The molecule has 0 amide bonds. The van der Waals surface area contributed by atoms with Crippen LogP contribution < -0.4 is 40.6 Å². The number of nitriles is 1. The Morgan fingerprint density at radius 2 is 1.10 bits per heavy atom. The first-order valence-corrected chi connectivity index (χ1v) is 24.2. The Hall–Kier alpha value is -8.80. The molecule has 0 radical (unpaired) electrons.